The molecular weight excluding hydrogens is 351 g/mol. The first-order chi connectivity index (χ1) is 11.3. The van der Waals surface area contributed by atoms with Crippen LogP contribution in [0.5, 0.6) is 0 Å². The van der Waals surface area contributed by atoms with Crippen LogP contribution >= 0.6 is 11.8 Å². The quantitative estimate of drug-likeness (QED) is 0.820. The van der Waals surface area contributed by atoms with E-state index in [2.05, 4.69) is 10.0 Å². The maximum atomic E-state index is 13.0. The lowest BCUT2D eigenvalue weighted by Gasteiger charge is -2.15. The molecule has 2 N–H and O–H groups in total. The Kier molecular flexibility index (Phi) is 5.84. The molecule has 2 aromatic rings. The van der Waals surface area contributed by atoms with Gasteiger partial charge in [0.15, 0.2) is 0 Å². The number of nitrogens with one attached hydrogen (secondary N) is 2. The highest BCUT2D eigenvalue weighted by Crippen LogP contribution is 2.25. The third-order valence-electron chi connectivity index (χ3n) is 3.28. The summed E-state index contributed by atoms with van der Waals surface area (Å²) in [5.74, 6) is -0.747. The Bertz CT molecular complexity index is 823. The molecule has 0 heterocycles. The van der Waals surface area contributed by atoms with Crippen molar-refractivity contribution in [3.8, 4) is 0 Å². The highest BCUT2D eigenvalue weighted by Gasteiger charge is 2.18. The number of hydrogen-bond acceptors (Lipinski definition) is 4. The lowest BCUT2D eigenvalue weighted by molar-refractivity contribution is -0.115. The van der Waals surface area contributed by atoms with Crippen LogP contribution in [0.4, 0.5) is 15.8 Å². The number of carbonyl (C=O) groups excluding carboxylic acids is 1. The van der Waals surface area contributed by atoms with Gasteiger partial charge in [0.1, 0.15) is 5.82 Å². The van der Waals surface area contributed by atoms with Gasteiger partial charge in [0.25, 0.3) is 10.0 Å². The molecule has 0 aliphatic rings. The second-order valence-corrected chi connectivity index (χ2v) is 7.83. The van der Waals surface area contributed by atoms with Crippen molar-refractivity contribution in [3.05, 3.63) is 54.3 Å². The summed E-state index contributed by atoms with van der Waals surface area (Å²) in [7, 11) is -3.89. The van der Waals surface area contributed by atoms with Gasteiger partial charge in [-0.05, 0) is 49.6 Å². The predicted octanol–water partition coefficient (Wildman–Crippen LogP) is 3.32. The van der Waals surface area contributed by atoms with Gasteiger partial charge in [-0.25, -0.2) is 12.8 Å². The van der Waals surface area contributed by atoms with Crippen molar-refractivity contribution >= 4 is 39.1 Å². The molecule has 0 radical (unpaired) electrons. The van der Waals surface area contributed by atoms with Crippen molar-refractivity contribution in [3.63, 3.8) is 0 Å². The van der Waals surface area contributed by atoms with Gasteiger partial charge in [0, 0.05) is 0 Å². The summed E-state index contributed by atoms with van der Waals surface area (Å²) in [4.78, 5) is 12.0. The van der Waals surface area contributed by atoms with Gasteiger partial charge in [0.2, 0.25) is 5.91 Å². The van der Waals surface area contributed by atoms with E-state index in [1.54, 1.807) is 31.2 Å². The molecular formula is C16H17FN2O3S2. The molecule has 0 aliphatic carbocycles. The van der Waals surface area contributed by atoms with Crippen LogP contribution in [0.2, 0.25) is 0 Å². The molecule has 0 saturated carbocycles. The Hall–Kier alpha value is -2.06. The first kappa shape index (κ1) is 18.3. The third kappa shape index (κ3) is 4.48. The molecule has 2 rings (SSSR count). The first-order valence-electron chi connectivity index (χ1n) is 7.04. The fourth-order valence-electron chi connectivity index (χ4n) is 1.84. The van der Waals surface area contributed by atoms with E-state index < -0.39 is 15.8 Å². The molecule has 128 valence electrons. The molecule has 0 bridgehead atoms. The molecule has 5 nitrogen and oxygen atoms in total. The van der Waals surface area contributed by atoms with E-state index >= 15 is 0 Å². The molecule has 0 fully saturated rings. The SMILES string of the molecule is CSC(C)C(=O)Nc1ccccc1NS(=O)(=O)c1ccc(F)cc1. The van der Waals surface area contributed by atoms with Crippen molar-refractivity contribution < 1.29 is 17.6 Å². The molecule has 1 amide bonds. The molecule has 8 heteroatoms. The van der Waals surface area contributed by atoms with E-state index in [9.17, 15) is 17.6 Å². The molecule has 0 aliphatic heterocycles. The Morgan fingerprint density at radius 1 is 1.08 bits per heavy atom. The van der Waals surface area contributed by atoms with Crippen LogP contribution in [-0.2, 0) is 14.8 Å². The smallest absolute Gasteiger partial charge is 0.261 e. The minimum absolute atomic E-state index is 0.0671. The van der Waals surface area contributed by atoms with Gasteiger partial charge in [-0.1, -0.05) is 12.1 Å². The molecule has 1 unspecified atom stereocenters. The molecule has 24 heavy (non-hydrogen) atoms. The Balaban J connectivity index is 2.26. The molecule has 1 atom stereocenters. The van der Waals surface area contributed by atoms with Gasteiger partial charge >= 0.3 is 0 Å². The van der Waals surface area contributed by atoms with Crippen molar-refractivity contribution in [1.82, 2.24) is 0 Å². The Morgan fingerprint density at radius 2 is 1.67 bits per heavy atom. The van der Waals surface area contributed by atoms with Crippen LogP contribution in [-0.4, -0.2) is 25.8 Å². The van der Waals surface area contributed by atoms with Crippen molar-refractivity contribution in [2.45, 2.75) is 17.1 Å². The lowest BCUT2D eigenvalue weighted by atomic mass is 10.2. The topological polar surface area (TPSA) is 75.3 Å². The summed E-state index contributed by atoms with van der Waals surface area (Å²) in [6.07, 6.45) is 1.81. The summed E-state index contributed by atoms with van der Waals surface area (Å²) in [6, 6.07) is 11.0. The number of amides is 1. The van der Waals surface area contributed by atoms with Crippen molar-refractivity contribution in [1.29, 1.82) is 0 Å². The molecule has 2 aromatic carbocycles. The van der Waals surface area contributed by atoms with E-state index in [0.29, 0.717) is 5.69 Å². The van der Waals surface area contributed by atoms with Gasteiger partial charge in [-0.2, -0.15) is 11.8 Å². The Morgan fingerprint density at radius 3 is 2.25 bits per heavy atom. The maximum absolute atomic E-state index is 13.0. The number of hydrogen-bond donors (Lipinski definition) is 2. The zero-order valence-electron chi connectivity index (χ0n) is 13.1. The van der Waals surface area contributed by atoms with Crippen LogP contribution in [0.3, 0.4) is 0 Å². The summed E-state index contributed by atoms with van der Waals surface area (Å²) in [6.45, 7) is 1.76. The average Bonchev–Trinajstić information content (AvgIpc) is 2.56. The van der Waals surface area contributed by atoms with Crippen molar-refractivity contribution in [2.75, 3.05) is 16.3 Å². The van der Waals surface area contributed by atoms with E-state index in [-0.39, 0.29) is 21.7 Å². The number of anilines is 2. The zero-order chi connectivity index (χ0) is 17.7. The number of rotatable bonds is 6. The molecule has 0 aromatic heterocycles. The van der Waals surface area contributed by atoms with E-state index in [1.807, 2.05) is 6.26 Å². The average molecular weight is 368 g/mol. The van der Waals surface area contributed by atoms with Crippen LogP contribution in [0.15, 0.2) is 53.4 Å². The summed E-state index contributed by atoms with van der Waals surface area (Å²) in [5.41, 5.74) is 0.595. The van der Waals surface area contributed by atoms with Crippen LogP contribution < -0.4 is 10.0 Å². The van der Waals surface area contributed by atoms with E-state index in [0.717, 1.165) is 12.1 Å². The highest BCUT2D eigenvalue weighted by molar-refractivity contribution is 7.99. The summed E-state index contributed by atoms with van der Waals surface area (Å²) < 4.78 is 40.1. The third-order valence-corrected chi connectivity index (χ3v) is 5.58. The standard InChI is InChI=1S/C16H17FN2O3S2/c1-11(23-2)16(20)18-14-5-3-4-6-15(14)19-24(21,22)13-9-7-12(17)8-10-13/h3-11,19H,1-2H3,(H,18,20). The van der Waals surface area contributed by atoms with Crippen LogP contribution in [0.1, 0.15) is 6.92 Å². The summed E-state index contributed by atoms with van der Waals surface area (Å²) >= 11 is 1.38. The number of thioether (sulfide) groups is 1. The maximum Gasteiger partial charge on any atom is 0.261 e. The fraction of sp³-hybridized carbons (Fsp3) is 0.188. The zero-order valence-corrected chi connectivity index (χ0v) is 14.7. The van der Waals surface area contributed by atoms with Crippen LogP contribution in [0.25, 0.3) is 0 Å². The summed E-state index contributed by atoms with van der Waals surface area (Å²) in [5, 5.41) is 2.43. The number of sulfonamides is 1. The minimum atomic E-state index is -3.89. The van der Waals surface area contributed by atoms with E-state index in [4.69, 9.17) is 0 Å². The minimum Gasteiger partial charge on any atom is -0.323 e. The van der Waals surface area contributed by atoms with Crippen molar-refractivity contribution in [2.24, 2.45) is 0 Å². The number of para-hydroxylation sites is 2. The lowest BCUT2D eigenvalue weighted by Crippen LogP contribution is -2.23. The second kappa shape index (κ2) is 7.67. The molecule has 0 saturated heterocycles. The number of halogens is 1. The van der Waals surface area contributed by atoms with Crippen LogP contribution in [0, 0.1) is 5.82 Å². The molecule has 0 spiro atoms. The van der Waals surface area contributed by atoms with Gasteiger partial charge in [0.05, 0.1) is 21.5 Å². The van der Waals surface area contributed by atoms with Gasteiger partial charge < -0.3 is 5.32 Å². The van der Waals surface area contributed by atoms with Gasteiger partial charge in [-0.3, -0.25) is 9.52 Å². The van der Waals surface area contributed by atoms with Gasteiger partial charge in [-0.15, -0.1) is 0 Å². The normalized spacial score (nSPS) is 12.5. The second-order valence-electron chi connectivity index (χ2n) is 4.97. The largest absolute Gasteiger partial charge is 0.323 e. The monoisotopic (exact) mass is 368 g/mol. The highest BCUT2D eigenvalue weighted by atomic mass is 32.2. The number of carbonyl (C=O) groups is 1. The fourth-order valence-corrected chi connectivity index (χ4v) is 3.19. The number of benzene rings is 2. The first-order valence-corrected chi connectivity index (χ1v) is 9.81. The van der Waals surface area contributed by atoms with E-state index in [1.165, 1.54) is 23.9 Å². The predicted molar refractivity (Wildman–Crippen MR) is 95.3 cm³/mol. The Labute approximate surface area is 144 Å².